The van der Waals surface area contributed by atoms with E-state index in [9.17, 15) is 14.4 Å². The van der Waals surface area contributed by atoms with Crippen LogP contribution in [-0.4, -0.2) is 54.7 Å². The zero-order valence-corrected chi connectivity index (χ0v) is 21.9. The molecular weight excluding hydrogens is 470 g/mol. The maximum atomic E-state index is 13.3. The van der Waals surface area contributed by atoms with Gasteiger partial charge >= 0.3 is 12.1 Å². The third-order valence-electron chi connectivity index (χ3n) is 6.31. The predicted octanol–water partition coefficient (Wildman–Crippen LogP) is 4.30. The second-order valence-corrected chi connectivity index (χ2v) is 10.2. The van der Waals surface area contributed by atoms with Gasteiger partial charge in [0.05, 0.1) is 11.6 Å². The largest absolute Gasteiger partial charge is 0.444 e. The minimum atomic E-state index is -0.679. The van der Waals surface area contributed by atoms with E-state index in [0.717, 1.165) is 18.4 Å². The van der Waals surface area contributed by atoms with Gasteiger partial charge in [0, 0.05) is 37.4 Å². The lowest BCUT2D eigenvalue weighted by Gasteiger charge is -2.32. The van der Waals surface area contributed by atoms with Crippen molar-refractivity contribution in [3.63, 3.8) is 0 Å². The van der Waals surface area contributed by atoms with Crippen molar-refractivity contribution in [3.05, 3.63) is 64.7 Å². The van der Waals surface area contributed by atoms with Crippen LogP contribution < -0.4 is 16.0 Å². The van der Waals surface area contributed by atoms with Gasteiger partial charge in [-0.15, -0.1) is 0 Å². The number of alkyl carbamates (subject to hydrolysis) is 1. The van der Waals surface area contributed by atoms with Crippen LogP contribution in [0.3, 0.4) is 0 Å². The maximum absolute atomic E-state index is 13.3. The molecule has 0 aromatic heterocycles. The average Bonchev–Trinajstić information content (AvgIpc) is 2.86. The van der Waals surface area contributed by atoms with Crippen LogP contribution in [0, 0.1) is 18.3 Å². The summed E-state index contributed by atoms with van der Waals surface area (Å²) in [6.45, 7) is 8.64. The highest BCUT2D eigenvalue weighted by Crippen LogP contribution is 2.30. The number of amides is 4. The SMILES string of the molecule is Cc1ccc(C(=O)N2CCC(c3ccc(C#N)cc3)CC2)cc1N(CCNC(=O)OC(C)(C)C)C(N)=O. The lowest BCUT2D eigenvalue weighted by Crippen LogP contribution is -2.43. The lowest BCUT2D eigenvalue weighted by atomic mass is 9.89. The summed E-state index contributed by atoms with van der Waals surface area (Å²) in [5.74, 6) is 0.240. The van der Waals surface area contributed by atoms with Gasteiger partial charge < -0.3 is 20.7 Å². The Kier molecular flexibility index (Phi) is 8.77. The molecule has 1 fully saturated rings. The molecule has 9 nitrogen and oxygen atoms in total. The molecule has 196 valence electrons. The standard InChI is InChI=1S/C28H35N5O4/c1-19-5-8-23(17-24(19)33(26(30)35)16-13-31-27(36)37-28(2,3)4)25(34)32-14-11-22(12-15-32)21-9-6-20(18-29)7-10-21/h5-10,17,22H,11-16H2,1-4H3,(H2,30,35)(H,31,36). The molecular formula is C28H35N5O4. The quantitative estimate of drug-likeness (QED) is 0.605. The summed E-state index contributed by atoms with van der Waals surface area (Å²) in [4.78, 5) is 40.7. The van der Waals surface area contributed by atoms with E-state index in [1.807, 2.05) is 36.1 Å². The zero-order valence-electron chi connectivity index (χ0n) is 21.9. The van der Waals surface area contributed by atoms with Crippen molar-refractivity contribution in [2.45, 2.75) is 52.1 Å². The number of primary amides is 1. The van der Waals surface area contributed by atoms with Crippen molar-refractivity contribution < 1.29 is 19.1 Å². The van der Waals surface area contributed by atoms with Crippen LogP contribution in [0.25, 0.3) is 0 Å². The van der Waals surface area contributed by atoms with E-state index in [0.29, 0.717) is 35.8 Å². The Balaban J connectivity index is 1.65. The van der Waals surface area contributed by atoms with Crippen molar-refractivity contribution in [2.75, 3.05) is 31.1 Å². The molecule has 4 amide bonds. The molecule has 0 aliphatic carbocycles. The Labute approximate surface area is 218 Å². The summed E-state index contributed by atoms with van der Waals surface area (Å²) < 4.78 is 5.23. The first-order chi connectivity index (χ1) is 17.5. The molecule has 37 heavy (non-hydrogen) atoms. The van der Waals surface area contributed by atoms with E-state index >= 15 is 0 Å². The van der Waals surface area contributed by atoms with E-state index in [2.05, 4.69) is 11.4 Å². The van der Waals surface area contributed by atoms with Crippen molar-refractivity contribution in [3.8, 4) is 6.07 Å². The zero-order chi connectivity index (χ0) is 27.2. The second kappa shape index (κ2) is 11.8. The number of hydrogen-bond donors (Lipinski definition) is 2. The molecule has 0 unspecified atom stereocenters. The Bertz CT molecular complexity index is 1170. The van der Waals surface area contributed by atoms with Gasteiger partial charge in [0.1, 0.15) is 5.60 Å². The number of nitrogens with one attached hydrogen (secondary N) is 1. The molecule has 0 atom stereocenters. The number of nitrogens with zero attached hydrogens (tertiary/aromatic N) is 3. The maximum Gasteiger partial charge on any atom is 0.407 e. The first-order valence-corrected chi connectivity index (χ1v) is 12.4. The molecule has 3 rings (SSSR count). The number of hydrogen-bond acceptors (Lipinski definition) is 5. The van der Waals surface area contributed by atoms with E-state index in [1.165, 1.54) is 10.5 Å². The molecule has 2 aromatic carbocycles. The Hall–Kier alpha value is -4.06. The number of piperidine rings is 1. The van der Waals surface area contributed by atoms with Crippen LogP contribution >= 0.6 is 0 Å². The Morgan fingerprint density at radius 1 is 1.14 bits per heavy atom. The molecule has 9 heteroatoms. The van der Waals surface area contributed by atoms with Crippen LogP contribution in [0.2, 0.25) is 0 Å². The van der Waals surface area contributed by atoms with Gasteiger partial charge in [-0.25, -0.2) is 9.59 Å². The number of carbonyl (C=O) groups is 3. The number of urea groups is 1. The van der Waals surface area contributed by atoms with Crippen LogP contribution in [0.4, 0.5) is 15.3 Å². The minimum absolute atomic E-state index is 0.101. The number of aryl methyl sites for hydroxylation is 1. The molecule has 0 radical (unpaired) electrons. The molecule has 1 aliphatic rings. The fraction of sp³-hybridized carbons (Fsp3) is 0.429. The minimum Gasteiger partial charge on any atom is -0.444 e. The van der Waals surface area contributed by atoms with Crippen molar-refractivity contribution in [2.24, 2.45) is 5.73 Å². The summed E-state index contributed by atoms with van der Waals surface area (Å²) in [7, 11) is 0. The second-order valence-electron chi connectivity index (χ2n) is 10.2. The molecule has 1 aliphatic heterocycles. The van der Waals surface area contributed by atoms with Crippen LogP contribution in [-0.2, 0) is 4.74 Å². The molecule has 3 N–H and O–H groups in total. The fourth-order valence-corrected chi connectivity index (χ4v) is 4.39. The Morgan fingerprint density at radius 3 is 2.35 bits per heavy atom. The van der Waals surface area contributed by atoms with Gasteiger partial charge in [-0.2, -0.15) is 5.26 Å². The molecule has 2 aromatic rings. The fourth-order valence-electron chi connectivity index (χ4n) is 4.39. The van der Waals surface area contributed by atoms with Crippen molar-refractivity contribution in [1.82, 2.24) is 10.2 Å². The number of rotatable bonds is 6. The van der Waals surface area contributed by atoms with Gasteiger partial charge in [-0.3, -0.25) is 9.69 Å². The summed E-state index contributed by atoms with van der Waals surface area (Å²) in [5.41, 5.74) is 8.62. The number of benzene rings is 2. The number of anilines is 1. The van der Waals surface area contributed by atoms with E-state index in [4.69, 9.17) is 15.7 Å². The summed E-state index contributed by atoms with van der Waals surface area (Å²) in [6.07, 6.45) is 1.09. The molecule has 0 spiro atoms. The average molecular weight is 506 g/mol. The van der Waals surface area contributed by atoms with Crippen molar-refractivity contribution in [1.29, 1.82) is 5.26 Å². The lowest BCUT2D eigenvalue weighted by molar-refractivity contribution is 0.0529. The van der Waals surface area contributed by atoms with Gasteiger partial charge in [-0.1, -0.05) is 18.2 Å². The van der Waals surface area contributed by atoms with Crippen LogP contribution in [0.5, 0.6) is 0 Å². The third kappa shape index (κ3) is 7.46. The van der Waals surface area contributed by atoms with Gasteiger partial charge in [0.15, 0.2) is 0 Å². The molecule has 1 saturated heterocycles. The van der Waals surface area contributed by atoms with Crippen molar-refractivity contribution >= 4 is 23.7 Å². The highest BCUT2D eigenvalue weighted by molar-refractivity contribution is 5.98. The monoisotopic (exact) mass is 505 g/mol. The summed E-state index contributed by atoms with van der Waals surface area (Å²) in [5, 5.41) is 11.6. The van der Waals surface area contributed by atoms with E-state index in [1.54, 1.807) is 39.0 Å². The number of carbonyl (C=O) groups excluding carboxylic acids is 3. The van der Waals surface area contributed by atoms with Crippen LogP contribution in [0.15, 0.2) is 42.5 Å². The summed E-state index contributed by atoms with van der Waals surface area (Å²) in [6, 6.07) is 14.3. The summed E-state index contributed by atoms with van der Waals surface area (Å²) >= 11 is 0. The Morgan fingerprint density at radius 2 is 1.78 bits per heavy atom. The van der Waals surface area contributed by atoms with Gasteiger partial charge in [0.2, 0.25) is 0 Å². The molecule has 0 saturated carbocycles. The van der Waals surface area contributed by atoms with E-state index in [-0.39, 0.29) is 19.0 Å². The van der Waals surface area contributed by atoms with Crippen LogP contribution in [0.1, 0.15) is 66.6 Å². The molecule has 1 heterocycles. The van der Waals surface area contributed by atoms with E-state index < -0.39 is 17.7 Å². The van der Waals surface area contributed by atoms with Gasteiger partial charge in [-0.05, 0) is 81.8 Å². The highest BCUT2D eigenvalue weighted by atomic mass is 16.6. The normalized spacial score (nSPS) is 14.0. The first kappa shape index (κ1) is 27.5. The van der Waals surface area contributed by atoms with Gasteiger partial charge in [0.25, 0.3) is 5.91 Å². The number of nitriles is 1. The number of nitrogens with two attached hydrogens (primary N) is 1. The molecule has 0 bridgehead atoms. The topological polar surface area (TPSA) is 129 Å². The smallest absolute Gasteiger partial charge is 0.407 e. The number of ether oxygens (including phenoxy) is 1. The highest BCUT2D eigenvalue weighted by Gasteiger charge is 2.26. The third-order valence-corrected chi connectivity index (χ3v) is 6.31. The first-order valence-electron chi connectivity index (χ1n) is 12.4. The predicted molar refractivity (Wildman–Crippen MR) is 141 cm³/mol. The number of likely N-dealkylation sites (tertiary alicyclic amines) is 1.